The molecule has 3 rings (SSSR count). The largest absolute Gasteiger partial charge is 0.495 e. The summed E-state index contributed by atoms with van der Waals surface area (Å²) >= 11 is 0. The normalized spacial score (nSPS) is 15.2. The molecule has 0 unspecified atom stereocenters. The molecule has 0 aromatic heterocycles. The van der Waals surface area contributed by atoms with E-state index in [9.17, 15) is 27.6 Å². The lowest BCUT2D eigenvalue weighted by atomic mass is 9.98. The van der Waals surface area contributed by atoms with E-state index in [4.69, 9.17) is 4.74 Å². The van der Waals surface area contributed by atoms with Crippen LogP contribution in [0.15, 0.2) is 42.5 Å². The Morgan fingerprint density at radius 1 is 0.966 bits per heavy atom. The van der Waals surface area contributed by atoms with Crippen LogP contribution in [-0.4, -0.2) is 24.7 Å². The monoisotopic (exact) mass is 403 g/mol. The van der Waals surface area contributed by atoms with Gasteiger partial charge < -0.3 is 4.74 Å². The van der Waals surface area contributed by atoms with E-state index in [0.717, 1.165) is 17.0 Å². The van der Waals surface area contributed by atoms with Gasteiger partial charge in [-0.3, -0.25) is 14.4 Å². The number of Topliss-reactive ketones (excluding diaryl/α,β-unsaturated/α-hetero) is 1. The summed E-state index contributed by atoms with van der Waals surface area (Å²) < 4.78 is 43.9. The highest BCUT2D eigenvalue weighted by atomic mass is 19.4. The molecule has 0 aliphatic carbocycles. The Labute approximate surface area is 164 Å². The van der Waals surface area contributed by atoms with Crippen LogP contribution in [0.3, 0.4) is 0 Å². The van der Waals surface area contributed by atoms with E-state index in [0.29, 0.717) is 11.1 Å². The van der Waals surface area contributed by atoms with E-state index in [2.05, 4.69) is 0 Å². The van der Waals surface area contributed by atoms with Gasteiger partial charge in [-0.1, -0.05) is 12.1 Å². The quantitative estimate of drug-likeness (QED) is 0.435. The van der Waals surface area contributed by atoms with Crippen LogP contribution in [-0.2, 0) is 20.5 Å². The third kappa shape index (κ3) is 3.53. The van der Waals surface area contributed by atoms with Crippen molar-refractivity contribution in [3.8, 4) is 0 Å². The lowest BCUT2D eigenvalue weighted by Crippen LogP contribution is -2.31. The summed E-state index contributed by atoms with van der Waals surface area (Å²) in [7, 11) is 1.28. The molecule has 1 aliphatic rings. The molecule has 1 aliphatic heterocycles. The number of hydrogen-bond donors (Lipinski definition) is 0. The predicted molar refractivity (Wildman–Crippen MR) is 99.9 cm³/mol. The van der Waals surface area contributed by atoms with Gasteiger partial charge in [0.2, 0.25) is 5.91 Å². The molecule has 5 nitrogen and oxygen atoms in total. The van der Waals surface area contributed by atoms with Crippen LogP contribution in [0.1, 0.15) is 40.9 Å². The minimum Gasteiger partial charge on any atom is -0.495 e. The maximum atomic E-state index is 13.0. The van der Waals surface area contributed by atoms with Gasteiger partial charge >= 0.3 is 6.18 Å². The predicted octanol–water partition coefficient (Wildman–Crippen LogP) is 4.32. The number of methoxy groups -OCH3 is 1. The lowest BCUT2D eigenvalue weighted by Gasteiger charge is -2.13. The zero-order valence-electron chi connectivity index (χ0n) is 15.8. The van der Waals surface area contributed by atoms with E-state index in [1.807, 2.05) is 0 Å². The highest BCUT2D eigenvalue weighted by Gasteiger charge is 2.38. The van der Waals surface area contributed by atoms with Crippen molar-refractivity contribution in [1.29, 1.82) is 0 Å². The lowest BCUT2D eigenvalue weighted by molar-refractivity contribution is -0.137. The number of ketones is 1. The molecule has 2 aromatic carbocycles. The number of fused-ring (bicyclic) bond motifs is 1. The molecular formula is C21H16F3NO4. The molecule has 0 saturated heterocycles. The van der Waals surface area contributed by atoms with Gasteiger partial charge in [0, 0.05) is 23.6 Å². The van der Waals surface area contributed by atoms with Crippen molar-refractivity contribution in [3.63, 3.8) is 0 Å². The third-order valence-electron chi connectivity index (χ3n) is 4.55. The number of ether oxygens (including phenoxy) is 1. The number of carbonyl (C=O) groups excluding carboxylic acids is 3. The van der Waals surface area contributed by atoms with Crippen molar-refractivity contribution in [1.82, 2.24) is 0 Å². The van der Waals surface area contributed by atoms with E-state index in [-0.39, 0.29) is 28.4 Å². The minimum absolute atomic E-state index is 0.000517. The first-order valence-electron chi connectivity index (χ1n) is 8.52. The number of amides is 2. The molecule has 29 heavy (non-hydrogen) atoms. The molecule has 2 aromatic rings. The number of rotatable bonds is 3. The van der Waals surface area contributed by atoms with E-state index in [1.165, 1.54) is 51.3 Å². The molecule has 150 valence electrons. The first-order valence-corrected chi connectivity index (χ1v) is 8.52. The zero-order valence-corrected chi connectivity index (χ0v) is 15.8. The number of carbonyl (C=O) groups is 3. The first-order chi connectivity index (χ1) is 13.6. The molecule has 2 amide bonds. The molecule has 0 N–H and O–H groups in total. The number of alkyl halides is 3. The van der Waals surface area contributed by atoms with Crippen LogP contribution >= 0.6 is 0 Å². The second-order valence-electron chi connectivity index (χ2n) is 6.43. The summed E-state index contributed by atoms with van der Waals surface area (Å²) in [4.78, 5) is 37.7. The second-order valence-corrected chi connectivity index (χ2v) is 6.43. The Balaban J connectivity index is 2.25. The number of hydrogen-bond acceptors (Lipinski definition) is 4. The van der Waals surface area contributed by atoms with Gasteiger partial charge in [-0.05, 0) is 37.3 Å². The smallest absolute Gasteiger partial charge is 0.416 e. The van der Waals surface area contributed by atoms with Gasteiger partial charge in [0.1, 0.15) is 5.76 Å². The van der Waals surface area contributed by atoms with E-state index < -0.39 is 23.6 Å². The van der Waals surface area contributed by atoms with Crippen molar-refractivity contribution in [2.75, 3.05) is 12.0 Å². The van der Waals surface area contributed by atoms with Crippen LogP contribution in [0.4, 0.5) is 18.9 Å². The number of nitrogens with zero attached hydrogens (tertiary/aromatic N) is 1. The average molecular weight is 403 g/mol. The fourth-order valence-electron chi connectivity index (χ4n) is 3.19. The first kappa shape index (κ1) is 20.3. The second kappa shape index (κ2) is 7.20. The maximum absolute atomic E-state index is 13.0. The Bertz CT molecular complexity index is 1050. The van der Waals surface area contributed by atoms with Crippen LogP contribution in [0.25, 0.3) is 11.3 Å². The third-order valence-corrected chi connectivity index (χ3v) is 4.55. The van der Waals surface area contributed by atoms with Gasteiger partial charge in [0.05, 0.1) is 23.9 Å². The maximum Gasteiger partial charge on any atom is 0.416 e. The minimum atomic E-state index is -4.50. The summed E-state index contributed by atoms with van der Waals surface area (Å²) in [5.74, 6) is -1.45. The number of halogens is 3. The molecule has 0 radical (unpaired) electrons. The Kier molecular flexibility index (Phi) is 5.04. The van der Waals surface area contributed by atoms with Crippen molar-refractivity contribution in [3.05, 3.63) is 64.7 Å². The van der Waals surface area contributed by atoms with Crippen LogP contribution < -0.4 is 4.90 Å². The summed E-state index contributed by atoms with van der Waals surface area (Å²) in [5.41, 5.74) is 0.291. The van der Waals surface area contributed by atoms with Crippen molar-refractivity contribution >= 4 is 34.6 Å². The van der Waals surface area contributed by atoms with Gasteiger partial charge in [-0.25, -0.2) is 4.90 Å². The molecule has 1 heterocycles. The molecule has 0 saturated carbocycles. The zero-order chi connectivity index (χ0) is 21.5. The SMILES string of the molecule is COC(=C1C(=O)N(C(C)=O)c2ccc(C(C)=O)cc21)c1ccc(C(F)(F)F)cc1. The molecule has 0 atom stereocenters. The summed E-state index contributed by atoms with van der Waals surface area (Å²) in [6.45, 7) is 2.58. The molecule has 0 fully saturated rings. The Hall–Kier alpha value is -3.42. The van der Waals surface area contributed by atoms with Crippen molar-refractivity contribution in [2.45, 2.75) is 20.0 Å². The molecular weight excluding hydrogens is 387 g/mol. The van der Waals surface area contributed by atoms with Gasteiger partial charge in [-0.15, -0.1) is 0 Å². The van der Waals surface area contributed by atoms with E-state index >= 15 is 0 Å². The number of imide groups is 1. The summed E-state index contributed by atoms with van der Waals surface area (Å²) in [6, 6.07) is 8.58. The van der Waals surface area contributed by atoms with Gasteiger partial charge in [0.25, 0.3) is 5.91 Å². The molecule has 0 spiro atoms. The summed E-state index contributed by atoms with van der Waals surface area (Å²) in [6.07, 6.45) is -4.50. The van der Waals surface area contributed by atoms with Crippen LogP contribution in [0.5, 0.6) is 0 Å². The Morgan fingerprint density at radius 2 is 1.55 bits per heavy atom. The number of anilines is 1. The highest BCUT2D eigenvalue weighted by molar-refractivity contribution is 6.43. The standard InChI is InChI=1S/C21H16F3NO4/c1-11(26)14-6-9-17-16(10-14)18(20(28)25(17)12(2)27)19(29-3)13-4-7-15(8-5-13)21(22,23)24/h4-10H,1-3H3. The van der Waals surface area contributed by atoms with Crippen molar-refractivity contribution in [2.24, 2.45) is 0 Å². The number of benzene rings is 2. The van der Waals surface area contributed by atoms with Crippen molar-refractivity contribution < 1.29 is 32.3 Å². The van der Waals surface area contributed by atoms with E-state index in [1.54, 1.807) is 0 Å². The van der Waals surface area contributed by atoms with Gasteiger partial charge in [0.15, 0.2) is 5.78 Å². The highest BCUT2D eigenvalue weighted by Crippen LogP contribution is 2.42. The topological polar surface area (TPSA) is 63.7 Å². The summed E-state index contributed by atoms with van der Waals surface area (Å²) in [5, 5.41) is 0. The molecule has 8 heteroatoms. The fraction of sp³-hybridized carbons (Fsp3) is 0.190. The Morgan fingerprint density at radius 3 is 2.03 bits per heavy atom. The average Bonchev–Trinajstić information content (AvgIpc) is 2.94. The van der Waals surface area contributed by atoms with Crippen LogP contribution in [0, 0.1) is 0 Å². The fourth-order valence-corrected chi connectivity index (χ4v) is 3.19. The molecule has 0 bridgehead atoms. The van der Waals surface area contributed by atoms with Crippen LogP contribution in [0.2, 0.25) is 0 Å². The van der Waals surface area contributed by atoms with Gasteiger partial charge in [-0.2, -0.15) is 13.2 Å².